The Balaban J connectivity index is 1.90. The standard InChI is InChI=1S/C17H25N/c1-18-17(16-11-7-2-3-8-12-16)14-13-15-9-5-4-6-10-15/h4-6,9-11,17-18H,2-3,7-8,12-14H2,1H3. The average molecular weight is 243 g/mol. The largest absolute Gasteiger partial charge is 0.313 e. The molecule has 0 heterocycles. The molecule has 18 heavy (non-hydrogen) atoms. The molecule has 1 aliphatic carbocycles. The third kappa shape index (κ3) is 3.99. The van der Waals surface area contributed by atoms with Gasteiger partial charge in [0.1, 0.15) is 0 Å². The van der Waals surface area contributed by atoms with Crippen LogP contribution >= 0.6 is 0 Å². The minimum Gasteiger partial charge on any atom is -0.313 e. The number of hydrogen-bond acceptors (Lipinski definition) is 1. The van der Waals surface area contributed by atoms with E-state index in [2.05, 4.69) is 48.8 Å². The van der Waals surface area contributed by atoms with Crippen LogP contribution in [0.1, 0.15) is 44.1 Å². The molecule has 1 aromatic rings. The molecule has 1 nitrogen and oxygen atoms in total. The van der Waals surface area contributed by atoms with E-state index in [0.29, 0.717) is 6.04 Å². The Morgan fingerprint density at radius 3 is 2.72 bits per heavy atom. The van der Waals surface area contributed by atoms with Crippen LogP contribution < -0.4 is 5.32 Å². The first kappa shape index (κ1) is 13.4. The van der Waals surface area contributed by atoms with E-state index in [0.717, 1.165) is 0 Å². The maximum absolute atomic E-state index is 3.50. The lowest BCUT2D eigenvalue weighted by molar-refractivity contribution is 0.562. The topological polar surface area (TPSA) is 12.0 Å². The van der Waals surface area contributed by atoms with Crippen LogP contribution in [-0.2, 0) is 6.42 Å². The molecule has 1 aliphatic rings. The number of likely N-dealkylation sites (N-methyl/N-ethyl adjacent to an activating group) is 1. The van der Waals surface area contributed by atoms with Gasteiger partial charge in [-0.1, -0.05) is 48.4 Å². The smallest absolute Gasteiger partial charge is 0.0279 e. The normalized spacial score (nSPS) is 17.9. The summed E-state index contributed by atoms with van der Waals surface area (Å²) in [5.74, 6) is 0. The highest BCUT2D eigenvalue weighted by atomic mass is 14.9. The first-order valence-electron chi connectivity index (χ1n) is 7.30. The molecule has 0 saturated carbocycles. The van der Waals surface area contributed by atoms with Crippen LogP contribution in [0.2, 0.25) is 0 Å². The molecule has 98 valence electrons. The Morgan fingerprint density at radius 2 is 1.94 bits per heavy atom. The Hall–Kier alpha value is -1.08. The van der Waals surface area contributed by atoms with Crippen molar-refractivity contribution in [1.29, 1.82) is 0 Å². The summed E-state index contributed by atoms with van der Waals surface area (Å²) < 4.78 is 0. The lowest BCUT2D eigenvalue weighted by atomic mass is 9.96. The number of aryl methyl sites for hydroxylation is 1. The number of benzene rings is 1. The van der Waals surface area contributed by atoms with Crippen molar-refractivity contribution < 1.29 is 0 Å². The maximum atomic E-state index is 3.50. The number of rotatable bonds is 5. The van der Waals surface area contributed by atoms with Gasteiger partial charge < -0.3 is 5.32 Å². The summed E-state index contributed by atoms with van der Waals surface area (Å²) in [6.45, 7) is 0. The summed E-state index contributed by atoms with van der Waals surface area (Å²) in [6.07, 6.45) is 11.6. The van der Waals surface area contributed by atoms with E-state index in [1.165, 1.54) is 50.5 Å². The summed E-state index contributed by atoms with van der Waals surface area (Å²) >= 11 is 0. The summed E-state index contributed by atoms with van der Waals surface area (Å²) in [4.78, 5) is 0. The van der Waals surface area contributed by atoms with Crippen molar-refractivity contribution in [2.24, 2.45) is 0 Å². The van der Waals surface area contributed by atoms with Crippen LogP contribution in [0.5, 0.6) is 0 Å². The van der Waals surface area contributed by atoms with Crippen molar-refractivity contribution in [1.82, 2.24) is 5.32 Å². The van der Waals surface area contributed by atoms with Crippen molar-refractivity contribution >= 4 is 0 Å². The average Bonchev–Trinajstić information content (AvgIpc) is 2.70. The maximum Gasteiger partial charge on any atom is 0.0279 e. The predicted molar refractivity (Wildman–Crippen MR) is 78.8 cm³/mol. The Labute approximate surface area is 111 Å². The quantitative estimate of drug-likeness (QED) is 0.768. The van der Waals surface area contributed by atoms with Gasteiger partial charge in [-0.25, -0.2) is 0 Å². The van der Waals surface area contributed by atoms with E-state index in [-0.39, 0.29) is 0 Å². The third-order valence-electron chi connectivity index (χ3n) is 3.94. The first-order chi connectivity index (χ1) is 8.90. The second-order valence-electron chi connectivity index (χ2n) is 5.24. The van der Waals surface area contributed by atoms with E-state index in [1.807, 2.05) is 0 Å². The van der Waals surface area contributed by atoms with Crippen LogP contribution in [0.25, 0.3) is 0 Å². The van der Waals surface area contributed by atoms with E-state index in [1.54, 1.807) is 5.57 Å². The van der Waals surface area contributed by atoms with E-state index in [9.17, 15) is 0 Å². The van der Waals surface area contributed by atoms with Gasteiger partial charge in [0.2, 0.25) is 0 Å². The molecular formula is C17H25N. The fraction of sp³-hybridized carbons (Fsp3) is 0.529. The van der Waals surface area contributed by atoms with Crippen molar-refractivity contribution in [2.75, 3.05) is 7.05 Å². The van der Waals surface area contributed by atoms with E-state index < -0.39 is 0 Å². The highest BCUT2D eigenvalue weighted by Crippen LogP contribution is 2.22. The first-order valence-corrected chi connectivity index (χ1v) is 7.30. The summed E-state index contributed by atoms with van der Waals surface area (Å²) in [6, 6.07) is 11.4. The second-order valence-corrected chi connectivity index (χ2v) is 5.24. The zero-order valence-corrected chi connectivity index (χ0v) is 11.5. The van der Waals surface area contributed by atoms with Crippen molar-refractivity contribution in [3.05, 3.63) is 47.5 Å². The molecule has 1 aromatic carbocycles. The van der Waals surface area contributed by atoms with Crippen LogP contribution in [0, 0.1) is 0 Å². The Bertz CT molecular complexity index is 366. The Kier molecular flexibility index (Phi) is 5.47. The SMILES string of the molecule is CNC(CCc1ccccc1)C1=CCCCCC1. The molecule has 2 rings (SSSR count). The molecule has 1 unspecified atom stereocenters. The Morgan fingerprint density at radius 1 is 1.11 bits per heavy atom. The molecule has 0 bridgehead atoms. The molecule has 0 amide bonds. The minimum absolute atomic E-state index is 0.573. The van der Waals surface area contributed by atoms with Crippen LogP contribution in [0.15, 0.2) is 42.0 Å². The van der Waals surface area contributed by atoms with E-state index >= 15 is 0 Å². The van der Waals surface area contributed by atoms with Gasteiger partial charge in [-0.15, -0.1) is 0 Å². The van der Waals surface area contributed by atoms with Gasteiger partial charge in [-0.3, -0.25) is 0 Å². The predicted octanol–water partition coefficient (Wildman–Crippen LogP) is 4.10. The highest BCUT2D eigenvalue weighted by molar-refractivity contribution is 5.17. The van der Waals surface area contributed by atoms with Gasteiger partial charge in [0.15, 0.2) is 0 Å². The molecular weight excluding hydrogens is 218 g/mol. The van der Waals surface area contributed by atoms with Gasteiger partial charge in [0.05, 0.1) is 0 Å². The number of hydrogen-bond donors (Lipinski definition) is 1. The molecule has 0 saturated heterocycles. The lowest BCUT2D eigenvalue weighted by Gasteiger charge is -2.19. The molecule has 1 heteroatoms. The molecule has 0 spiro atoms. The molecule has 1 atom stereocenters. The van der Waals surface area contributed by atoms with Gasteiger partial charge >= 0.3 is 0 Å². The lowest BCUT2D eigenvalue weighted by Crippen LogP contribution is -2.28. The van der Waals surface area contributed by atoms with Gasteiger partial charge in [-0.2, -0.15) is 0 Å². The van der Waals surface area contributed by atoms with E-state index in [4.69, 9.17) is 0 Å². The van der Waals surface area contributed by atoms with Gasteiger partial charge in [0.25, 0.3) is 0 Å². The van der Waals surface area contributed by atoms with Crippen molar-refractivity contribution in [3.8, 4) is 0 Å². The van der Waals surface area contributed by atoms with Crippen LogP contribution in [0.4, 0.5) is 0 Å². The second kappa shape index (κ2) is 7.38. The molecule has 0 aliphatic heterocycles. The van der Waals surface area contributed by atoms with Crippen molar-refractivity contribution in [2.45, 2.75) is 51.0 Å². The van der Waals surface area contributed by atoms with Crippen LogP contribution in [-0.4, -0.2) is 13.1 Å². The van der Waals surface area contributed by atoms with Crippen molar-refractivity contribution in [3.63, 3.8) is 0 Å². The summed E-state index contributed by atoms with van der Waals surface area (Å²) in [5.41, 5.74) is 3.10. The third-order valence-corrected chi connectivity index (χ3v) is 3.94. The zero-order valence-electron chi connectivity index (χ0n) is 11.5. The fourth-order valence-corrected chi connectivity index (χ4v) is 2.83. The van der Waals surface area contributed by atoms with Crippen LogP contribution in [0.3, 0.4) is 0 Å². The molecule has 0 fully saturated rings. The molecule has 1 N–H and O–H groups in total. The summed E-state index contributed by atoms with van der Waals surface area (Å²) in [5, 5.41) is 3.50. The number of nitrogens with one attached hydrogen (secondary N) is 1. The summed E-state index contributed by atoms with van der Waals surface area (Å²) in [7, 11) is 2.10. The van der Waals surface area contributed by atoms with Gasteiger partial charge in [0, 0.05) is 6.04 Å². The fourth-order valence-electron chi connectivity index (χ4n) is 2.83. The monoisotopic (exact) mass is 243 g/mol. The molecule has 0 aromatic heterocycles. The zero-order chi connectivity index (χ0) is 12.6. The molecule has 0 radical (unpaired) electrons. The van der Waals surface area contributed by atoms with Gasteiger partial charge in [-0.05, 0) is 51.1 Å². The minimum atomic E-state index is 0.573. The number of allylic oxidation sites excluding steroid dienone is 1. The highest BCUT2D eigenvalue weighted by Gasteiger charge is 2.13.